The van der Waals surface area contributed by atoms with Gasteiger partial charge in [0.15, 0.2) is 6.61 Å². The lowest BCUT2D eigenvalue weighted by Crippen LogP contribution is -2.31. The number of sulfonamides is 1. The van der Waals surface area contributed by atoms with Crippen LogP contribution in [0.15, 0.2) is 59.5 Å². The molecule has 27 heavy (non-hydrogen) atoms. The molecular weight excluding hydrogens is 364 g/mol. The van der Waals surface area contributed by atoms with E-state index in [1.165, 1.54) is 4.31 Å². The summed E-state index contributed by atoms with van der Waals surface area (Å²) in [4.78, 5) is 12.3. The van der Waals surface area contributed by atoms with Crippen LogP contribution in [0.3, 0.4) is 0 Å². The smallest absolute Gasteiger partial charge is 0.258 e. The fourth-order valence-corrected chi connectivity index (χ4v) is 4.13. The van der Waals surface area contributed by atoms with Crippen LogP contribution in [0.1, 0.15) is 32.4 Å². The first-order valence-corrected chi connectivity index (χ1v) is 10.4. The fourth-order valence-electron chi connectivity index (χ4n) is 2.67. The van der Waals surface area contributed by atoms with Crippen molar-refractivity contribution in [2.75, 3.05) is 19.7 Å². The summed E-state index contributed by atoms with van der Waals surface area (Å²) in [5.41, 5.74) is 0.821. The van der Waals surface area contributed by atoms with E-state index < -0.39 is 10.0 Å². The number of ether oxygens (including phenoxy) is 1. The highest BCUT2D eigenvalue weighted by Crippen LogP contribution is 2.19. The molecule has 7 heteroatoms. The number of hydrogen-bond donors (Lipinski definition) is 1. The standard InChI is InChI=1S/C20H26N2O4S/c1-4-22(5-2)27(24,25)19-13-11-17(12-14-19)16(3)21-20(23)15-26-18-9-7-6-8-10-18/h6-14,16H,4-5,15H2,1-3H3,(H,21,23). The second kappa shape index (κ2) is 9.53. The van der Waals surface area contributed by atoms with Gasteiger partial charge >= 0.3 is 0 Å². The second-order valence-electron chi connectivity index (χ2n) is 6.05. The van der Waals surface area contributed by atoms with Crippen LogP contribution in [-0.4, -0.2) is 38.3 Å². The molecule has 1 N–H and O–H groups in total. The van der Waals surface area contributed by atoms with Gasteiger partial charge < -0.3 is 10.1 Å². The molecule has 2 rings (SSSR count). The topological polar surface area (TPSA) is 75.7 Å². The maximum absolute atomic E-state index is 12.5. The predicted octanol–water partition coefficient (Wildman–Crippen LogP) is 2.97. The van der Waals surface area contributed by atoms with Crippen LogP contribution in [0.2, 0.25) is 0 Å². The Labute approximate surface area is 161 Å². The van der Waals surface area contributed by atoms with Crippen molar-refractivity contribution in [3.63, 3.8) is 0 Å². The summed E-state index contributed by atoms with van der Waals surface area (Å²) in [5, 5.41) is 2.85. The molecule has 2 aromatic rings. The maximum atomic E-state index is 12.5. The van der Waals surface area contributed by atoms with Gasteiger partial charge in [-0.1, -0.05) is 44.2 Å². The zero-order chi connectivity index (χ0) is 19.9. The number of nitrogens with one attached hydrogen (secondary N) is 1. The van der Waals surface area contributed by atoms with Crippen LogP contribution >= 0.6 is 0 Å². The number of hydrogen-bond acceptors (Lipinski definition) is 4. The number of carbonyl (C=O) groups is 1. The van der Waals surface area contributed by atoms with Crippen molar-refractivity contribution in [2.24, 2.45) is 0 Å². The van der Waals surface area contributed by atoms with Crippen LogP contribution < -0.4 is 10.1 Å². The van der Waals surface area contributed by atoms with E-state index in [0.717, 1.165) is 5.56 Å². The van der Waals surface area contributed by atoms with Gasteiger partial charge in [0.1, 0.15) is 5.75 Å². The van der Waals surface area contributed by atoms with E-state index in [-0.39, 0.29) is 23.5 Å². The normalized spacial score (nSPS) is 12.6. The lowest BCUT2D eigenvalue weighted by molar-refractivity contribution is -0.123. The van der Waals surface area contributed by atoms with E-state index in [1.807, 2.05) is 39.0 Å². The van der Waals surface area contributed by atoms with E-state index in [9.17, 15) is 13.2 Å². The van der Waals surface area contributed by atoms with Crippen molar-refractivity contribution in [2.45, 2.75) is 31.7 Å². The minimum absolute atomic E-state index is 0.0806. The third-order valence-corrected chi connectivity index (χ3v) is 6.28. The lowest BCUT2D eigenvalue weighted by atomic mass is 10.1. The molecule has 0 radical (unpaired) electrons. The summed E-state index contributed by atoms with van der Waals surface area (Å²) in [6, 6.07) is 15.4. The molecule has 0 fully saturated rings. The van der Waals surface area contributed by atoms with E-state index in [1.54, 1.807) is 36.4 Å². The van der Waals surface area contributed by atoms with Crippen LogP contribution in [0, 0.1) is 0 Å². The monoisotopic (exact) mass is 390 g/mol. The number of carbonyl (C=O) groups excluding carboxylic acids is 1. The van der Waals surface area contributed by atoms with Crippen molar-refractivity contribution in [3.05, 3.63) is 60.2 Å². The highest BCUT2D eigenvalue weighted by Gasteiger charge is 2.21. The van der Waals surface area contributed by atoms with Crippen molar-refractivity contribution in [3.8, 4) is 5.75 Å². The summed E-state index contributed by atoms with van der Waals surface area (Å²) >= 11 is 0. The summed E-state index contributed by atoms with van der Waals surface area (Å²) in [6.07, 6.45) is 0. The number of amides is 1. The average molecular weight is 391 g/mol. The molecule has 0 aliphatic rings. The minimum atomic E-state index is -3.48. The first-order valence-electron chi connectivity index (χ1n) is 8.95. The Balaban J connectivity index is 1.97. The molecule has 0 aliphatic heterocycles. The van der Waals surface area contributed by atoms with Gasteiger partial charge in [-0.15, -0.1) is 0 Å². The molecule has 1 atom stereocenters. The van der Waals surface area contributed by atoms with Crippen LogP contribution in [0.5, 0.6) is 5.75 Å². The Morgan fingerprint density at radius 2 is 1.63 bits per heavy atom. The quantitative estimate of drug-likeness (QED) is 0.714. The molecular formula is C20H26N2O4S. The van der Waals surface area contributed by atoms with E-state index >= 15 is 0 Å². The van der Waals surface area contributed by atoms with Crippen molar-refractivity contribution in [1.82, 2.24) is 9.62 Å². The Hall–Kier alpha value is -2.38. The Kier molecular flexibility index (Phi) is 7.38. The number of rotatable bonds is 9. The third-order valence-electron chi connectivity index (χ3n) is 4.21. The molecule has 0 saturated heterocycles. The van der Waals surface area contributed by atoms with Gasteiger partial charge in [-0.05, 0) is 36.8 Å². The predicted molar refractivity (Wildman–Crippen MR) is 105 cm³/mol. The molecule has 6 nitrogen and oxygen atoms in total. The number of benzene rings is 2. The summed E-state index contributed by atoms with van der Waals surface area (Å²) in [6.45, 7) is 6.23. The van der Waals surface area contributed by atoms with E-state index in [2.05, 4.69) is 5.32 Å². The zero-order valence-electron chi connectivity index (χ0n) is 15.9. The molecule has 0 saturated carbocycles. The molecule has 0 bridgehead atoms. The van der Waals surface area contributed by atoms with Crippen molar-refractivity contribution >= 4 is 15.9 Å². The number of nitrogens with zero attached hydrogens (tertiary/aromatic N) is 1. The van der Waals surface area contributed by atoms with Crippen LogP contribution in [0.4, 0.5) is 0 Å². The third kappa shape index (κ3) is 5.55. The van der Waals surface area contributed by atoms with Gasteiger partial charge in [-0.25, -0.2) is 8.42 Å². The molecule has 0 spiro atoms. The Bertz CT molecular complexity index is 832. The molecule has 1 unspecified atom stereocenters. The maximum Gasteiger partial charge on any atom is 0.258 e. The fraction of sp³-hybridized carbons (Fsp3) is 0.350. The minimum Gasteiger partial charge on any atom is -0.484 e. The summed E-state index contributed by atoms with van der Waals surface area (Å²) in [7, 11) is -3.48. The first kappa shape index (κ1) is 20.9. The Morgan fingerprint density at radius 1 is 1.04 bits per heavy atom. The molecule has 2 aromatic carbocycles. The molecule has 0 aliphatic carbocycles. The molecule has 146 valence electrons. The van der Waals surface area contributed by atoms with Gasteiger partial charge in [0.25, 0.3) is 5.91 Å². The number of para-hydroxylation sites is 1. The highest BCUT2D eigenvalue weighted by atomic mass is 32.2. The van der Waals surface area contributed by atoms with Gasteiger partial charge in [-0.3, -0.25) is 4.79 Å². The SMILES string of the molecule is CCN(CC)S(=O)(=O)c1ccc(C(C)NC(=O)COc2ccccc2)cc1. The van der Waals surface area contributed by atoms with Crippen molar-refractivity contribution in [1.29, 1.82) is 0 Å². The van der Waals surface area contributed by atoms with E-state index in [0.29, 0.717) is 18.8 Å². The molecule has 1 amide bonds. The van der Waals surface area contributed by atoms with E-state index in [4.69, 9.17) is 4.74 Å². The first-order chi connectivity index (χ1) is 12.9. The second-order valence-corrected chi connectivity index (χ2v) is 7.99. The van der Waals surface area contributed by atoms with Crippen LogP contribution in [0.25, 0.3) is 0 Å². The molecule has 0 heterocycles. The molecule has 0 aromatic heterocycles. The summed E-state index contributed by atoms with van der Waals surface area (Å²) < 4.78 is 31.9. The van der Waals surface area contributed by atoms with Gasteiger partial charge in [0.2, 0.25) is 10.0 Å². The zero-order valence-corrected chi connectivity index (χ0v) is 16.7. The van der Waals surface area contributed by atoms with Gasteiger partial charge in [0, 0.05) is 13.1 Å². The lowest BCUT2D eigenvalue weighted by Gasteiger charge is -2.19. The van der Waals surface area contributed by atoms with Crippen molar-refractivity contribution < 1.29 is 17.9 Å². The largest absolute Gasteiger partial charge is 0.484 e. The van der Waals surface area contributed by atoms with Crippen LogP contribution in [-0.2, 0) is 14.8 Å². The van der Waals surface area contributed by atoms with Gasteiger partial charge in [0.05, 0.1) is 10.9 Å². The Morgan fingerprint density at radius 3 is 2.19 bits per heavy atom. The average Bonchev–Trinajstić information content (AvgIpc) is 2.68. The summed E-state index contributed by atoms with van der Waals surface area (Å²) in [5.74, 6) is 0.387. The highest BCUT2D eigenvalue weighted by molar-refractivity contribution is 7.89. The van der Waals surface area contributed by atoms with Gasteiger partial charge in [-0.2, -0.15) is 4.31 Å².